The van der Waals surface area contributed by atoms with Gasteiger partial charge < -0.3 is 24.4 Å². The monoisotopic (exact) mass is 410 g/mol. The minimum atomic E-state index is -0.927. The van der Waals surface area contributed by atoms with Crippen molar-refractivity contribution in [2.75, 3.05) is 32.9 Å². The molecule has 0 unspecified atom stereocenters. The van der Waals surface area contributed by atoms with Gasteiger partial charge in [-0.2, -0.15) is 0 Å². The number of esters is 1. The van der Waals surface area contributed by atoms with Crippen LogP contribution in [-0.4, -0.2) is 73.8 Å². The Morgan fingerprint density at radius 2 is 1.89 bits per heavy atom. The number of morpholine rings is 1. The fraction of sp³-hybridized carbons (Fsp3) is 0.526. The second-order valence-corrected chi connectivity index (χ2v) is 7.00. The fourth-order valence-electron chi connectivity index (χ4n) is 3.03. The zero-order valence-electron chi connectivity index (χ0n) is 15.6. The maximum Gasteiger partial charge on any atom is 0.338 e. The highest BCUT2D eigenvalue weighted by molar-refractivity contribution is 6.30. The molecule has 0 spiro atoms. The molecule has 1 N–H and O–H groups in total. The Kier molecular flexibility index (Phi) is 6.88. The van der Waals surface area contributed by atoms with Crippen molar-refractivity contribution in [1.29, 1.82) is 0 Å². The van der Waals surface area contributed by atoms with Crippen LogP contribution in [0.3, 0.4) is 0 Å². The number of nitrogens with one attached hydrogen (secondary N) is 1. The molecule has 2 saturated heterocycles. The zero-order chi connectivity index (χ0) is 20.1. The highest BCUT2D eigenvalue weighted by Crippen LogP contribution is 2.24. The van der Waals surface area contributed by atoms with E-state index in [9.17, 15) is 14.4 Å². The van der Waals surface area contributed by atoms with Gasteiger partial charge in [0.05, 0.1) is 19.8 Å². The third-order valence-electron chi connectivity index (χ3n) is 4.56. The molecule has 1 aromatic rings. The van der Waals surface area contributed by atoms with E-state index >= 15 is 0 Å². The van der Waals surface area contributed by atoms with Crippen LogP contribution in [0.4, 0.5) is 0 Å². The third kappa shape index (κ3) is 5.21. The van der Waals surface area contributed by atoms with Gasteiger partial charge >= 0.3 is 5.97 Å². The molecular weight excluding hydrogens is 388 g/mol. The van der Waals surface area contributed by atoms with Gasteiger partial charge in [0.25, 0.3) is 5.91 Å². The first kappa shape index (κ1) is 20.6. The van der Waals surface area contributed by atoms with Crippen LogP contribution in [-0.2, 0) is 35.0 Å². The molecule has 3 atom stereocenters. The smallest absolute Gasteiger partial charge is 0.338 e. The number of carbonyl (C=O) groups is 3. The first-order chi connectivity index (χ1) is 13.5. The fourth-order valence-corrected chi connectivity index (χ4v) is 3.16. The number of rotatable bonds is 7. The molecule has 0 radical (unpaired) electrons. The average molecular weight is 411 g/mol. The molecule has 1 aromatic carbocycles. The number of carbonyl (C=O) groups excluding carboxylic acids is 3. The predicted octanol–water partition coefficient (Wildman–Crippen LogP) is 0.557. The van der Waals surface area contributed by atoms with E-state index in [1.807, 2.05) is 12.1 Å². The van der Waals surface area contributed by atoms with Crippen molar-refractivity contribution in [3.05, 3.63) is 34.9 Å². The molecule has 9 heteroatoms. The van der Waals surface area contributed by atoms with Crippen molar-refractivity contribution in [3.63, 3.8) is 0 Å². The molecule has 0 saturated carbocycles. The lowest BCUT2D eigenvalue weighted by Gasteiger charge is -2.30. The summed E-state index contributed by atoms with van der Waals surface area (Å²) in [5.74, 6) is -1.27. The van der Waals surface area contributed by atoms with Gasteiger partial charge in [0, 0.05) is 24.5 Å². The second kappa shape index (κ2) is 9.36. The summed E-state index contributed by atoms with van der Waals surface area (Å²) >= 11 is 5.92. The van der Waals surface area contributed by atoms with Crippen molar-refractivity contribution >= 4 is 29.4 Å². The summed E-state index contributed by atoms with van der Waals surface area (Å²) in [5.41, 5.74) is 0.856. The first-order valence-corrected chi connectivity index (χ1v) is 9.61. The van der Waals surface area contributed by atoms with Crippen LogP contribution in [0.1, 0.15) is 12.5 Å². The third-order valence-corrected chi connectivity index (χ3v) is 4.81. The Balaban J connectivity index is 1.67. The van der Waals surface area contributed by atoms with Gasteiger partial charge in [-0.25, -0.2) is 4.79 Å². The molecule has 8 nitrogen and oxygen atoms in total. The van der Waals surface area contributed by atoms with Crippen LogP contribution in [0.15, 0.2) is 24.3 Å². The van der Waals surface area contributed by atoms with Crippen molar-refractivity contribution in [2.24, 2.45) is 0 Å². The van der Waals surface area contributed by atoms with Gasteiger partial charge in [0.15, 0.2) is 12.2 Å². The first-order valence-electron chi connectivity index (χ1n) is 9.23. The van der Waals surface area contributed by atoms with Gasteiger partial charge in [-0.05, 0) is 24.6 Å². The van der Waals surface area contributed by atoms with E-state index in [0.717, 1.165) is 5.56 Å². The molecule has 3 rings (SSSR count). The topological polar surface area (TPSA) is 97.5 Å². The molecule has 0 aromatic heterocycles. The Hall–Kier alpha value is -2.16. The lowest BCUT2D eigenvalue weighted by Crippen LogP contribution is -2.53. The van der Waals surface area contributed by atoms with E-state index in [1.54, 1.807) is 24.0 Å². The highest BCUT2D eigenvalue weighted by Gasteiger charge is 2.52. The molecule has 2 aliphatic heterocycles. The average Bonchev–Trinajstić information content (AvgIpc) is 3.50. The van der Waals surface area contributed by atoms with Crippen molar-refractivity contribution in [3.8, 4) is 0 Å². The Bertz CT molecular complexity index is 720. The van der Waals surface area contributed by atoms with Gasteiger partial charge in [0.1, 0.15) is 6.04 Å². The maximum atomic E-state index is 13.0. The molecule has 2 aliphatic rings. The summed E-state index contributed by atoms with van der Waals surface area (Å²) in [5, 5.41) is 3.32. The zero-order valence-corrected chi connectivity index (χ0v) is 16.3. The van der Waals surface area contributed by atoms with Crippen molar-refractivity contribution in [1.82, 2.24) is 10.2 Å². The molecule has 2 fully saturated rings. The molecule has 152 valence electrons. The summed E-state index contributed by atoms with van der Waals surface area (Å²) in [7, 11) is 0. The standard InChI is InChI=1S/C19H23ClN2O6/c1-2-27-19(25)16-15(28-16)17(23)21-14(11-12-3-5-13(20)6-4-12)18(24)22-7-9-26-10-8-22/h3-6,14-16H,2,7-11H2,1H3,(H,21,23)/t14-,15-,16-/m0/s1. The van der Waals surface area contributed by atoms with E-state index in [1.165, 1.54) is 0 Å². The number of epoxide rings is 1. The summed E-state index contributed by atoms with van der Waals surface area (Å²) < 4.78 is 15.3. The second-order valence-electron chi connectivity index (χ2n) is 6.56. The van der Waals surface area contributed by atoms with Crippen LogP contribution in [0, 0.1) is 0 Å². The highest BCUT2D eigenvalue weighted by atomic mass is 35.5. The van der Waals surface area contributed by atoms with E-state index in [0.29, 0.717) is 37.7 Å². The number of amides is 2. The maximum absolute atomic E-state index is 13.0. The molecule has 0 bridgehead atoms. The van der Waals surface area contributed by atoms with Crippen LogP contribution in [0.25, 0.3) is 0 Å². The minimum Gasteiger partial charge on any atom is -0.464 e. The number of benzene rings is 1. The summed E-state index contributed by atoms with van der Waals surface area (Å²) in [6.07, 6.45) is -1.53. The van der Waals surface area contributed by atoms with E-state index in [-0.39, 0.29) is 12.5 Å². The summed E-state index contributed by atoms with van der Waals surface area (Å²) in [6.45, 7) is 3.75. The Morgan fingerprint density at radius 3 is 2.54 bits per heavy atom. The number of halogens is 1. The number of hydrogen-bond donors (Lipinski definition) is 1. The van der Waals surface area contributed by atoms with E-state index in [2.05, 4.69) is 5.32 Å². The van der Waals surface area contributed by atoms with E-state index in [4.69, 9.17) is 25.8 Å². The van der Waals surface area contributed by atoms with Crippen LogP contribution >= 0.6 is 11.6 Å². The lowest BCUT2D eigenvalue weighted by atomic mass is 10.0. The largest absolute Gasteiger partial charge is 0.464 e. The minimum absolute atomic E-state index is 0.195. The Labute approximate surface area is 168 Å². The summed E-state index contributed by atoms with van der Waals surface area (Å²) in [4.78, 5) is 38.8. The normalized spacial score (nSPS) is 22.3. The van der Waals surface area contributed by atoms with E-state index < -0.39 is 30.1 Å². The molecule has 28 heavy (non-hydrogen) atoms. The van der Waals surface area contributed by atoms with Crippen LogP contribution < -0.4 is 5.32 Å². The van der Waals surface area contributed by atoms with Crippen LogP contribution in [0.2, 0.25) is 5.02 Å². The lowest BCUT2D eigenvalue weighted by molar-refractivity contribution is -0.144. The SMILES string of the molecule is CCOC(=O)[C@H]1O[C@@H]1C(=O)N[C@@H](Cc1ccc(Cl)cc1)C(=O)N1CCOCC1. The predicted molar refractivity (Wildman–Crippen MR) is 99.8 cm³/mol. The van der Waals surface area contributed by atoms with Gasteiger partial charge in [0.2, 0.25) is 5.91 Å². The van der Waals surface area contributed by atoms with Gasteiger partial charge in [-0.3, -0.25) is 9.59 Å². The number of hydrogen-bond acceptors (Lipinski definition) is 6. The van der Waals surface area contributed by atoms with Gasteiger partial charge in [-0.15, -0.1) is 0 Å². The Morgan fingerprint density at radius 1 is 1.21 bits per heavy atom. The van der Waals surface area contributed by atoms with Crippen LogP contribution in [0.5, 0.6) is 0 Å². The van der Waals surface area contributed by atoms with Gasteiger partial charge in [-0.1, -0.05) is 23.7 Å². The number of nitrogens with zero attached hydrogens (tertiary/aromatic N) is 1. The van der Waals surface area contributed by atoms with Crippen molar-refractivity contribution < 1.29 is 28.6 Å². The number of ether oxygens (including phenoxy) is 3. The molecule has 2 amide bonds. The van der Waals surface area contributed by atoms with Crippen molar-refractivity contribution in [2.45, 2.75) is 31.6 Å². The molecule has 2 heterocycles. The molecular formula is C19H23ClN2O6. The summed E-state index contributed by atoms with van der Waals surface area (Å²) in [6, 6.07) is 6.30. The quantitative estimate of drug-likeness (QED) is 0.521. The molecule has 0 aliphatic carbocycles.